The first-order valence-electron chi connectivity index (χ1n) is 5.01. The van der Waals surface area contributed by atoms with E-state index in [2.05, 4.69) is 10.3 Å². The van der Waals surface area contributed by atoms with E-state index >= 15 is 0 Å². The summed E-state index contributed by atoms with van der Waals surface area (Å²) in [5.41, 5.74) is 1.53. The molecule has 0 bridgehead atoms. The Labute approximate surface area is 113 Å². The maximum atomic E-state index is 8.91. The Morgan fingerprint density at radius 3 is 2.67 bits per heavy atom. The summed E-state index contributed by atoms with van der Waals surface area (Å²) in [6, 6.07) is 9.02. The van der Waals surface area contributed by atoms with E-state index in [1.54, 1.807) is 24.4 Å². The van der Waals surface area contributed by atoms with Crippen LogP contribution in [-0.4, -0.2) is 4.98 Å². The molecule has 0 aliphatic rings. The van der Waals surface area contributed by atoms with E-state index in [-0.39, 0.29) is 0 Å². The van der Waals surface area contributed by atoms with Crippen molar-refractivity contribution in [3.63, 3.8) is 0 Å². The molecule has 1 aromatic carbocycles. The maximum absolute atomic E-state index is 8.91. The van der Waals surface area contributed by atoms with Crippen LogP contribution in [0.2, 0.25) is 4.47 Å². The zero-order valence-electron chi connectivity index (χ0n) is 9.14. The van der Waals surface area contributed by atoms with Crippen LogP contribution in [0.4, 0.5) is 5.69 Å². The van der Waals surface area contributed by atoms with E-state index in [9.17, 15) is 0 Å². The van der Waals surface area contributed by atoms with Gasteiger partial charge in [0.2, 0.25) is 0 Å². The molecule has 1 aromatic heterocycles. The molecule has 0 radical (unpaired) electrons. The molecule has 4 nitrogen and oxygen atoms in total. The molecular formula is C12H7ClN4S. The van der Waals surface area contributed by atoms with Crippen molar-refractivity contribution in [3.05, 3.63) is 44.9 Å². The normalized spacial score (nSPS) is 9.50. The topological polar surface area (TPSA) is 72.5 Å². The second kappa shape index (κ2) is 5.50. The predicted molar refractivity (Wildman–Crippen MR) is 70.3 cm³/mol. The minimum absolute atomic E-state index is 0.366. The SMILES string of the molecule is N#Cc1ccc(NCc2cnc(Cl)s2)cc1C#N. The first-order chi connectivity index (χ1) is 8.72. The maximum Gasteiger partial charge on any atom is 0.183 e. The molecule has 0 unspecified atom stereocenters. The average molecular weight is 275 g/mol. The lowest BCUT2D eigenvalue weighted by Crippen LogP contribution is -1.98. The van der Waals surface area contributed by atoms with Gasteiger partial charge in [0.15, 0.2) is 4.47 Å². The van der Waals surface area contributed by atoms with E-state index in [1.807, 2.05) is 12.1 Å². The lowest BCUT2D eigenvalue weighted by atomic mass is 10.1. The summed E-state index contributed by atoms with van der Waals surface area (Å²) in [5, 5.41) is 20.9. The fourth-order valence-corrected chi connectivity index (χ4v) is 2.32. The second-order valence-corrected chi connectivity index (χ2v) is 5.11. The van der Waals surface area contributed by atoms with E-state index in [0.29, 0.717) is 22.1 Å². The minimum atomic E-state index is 0.366. The van der Waals surface area contributed by atoms with Crippen molar-refractivity contribution in [2.75, 3.05) is 5.32 Å². The van der Waals surface area contributed by atoms with Crippen molar-refractivity contribution in [2.24, 2.45) is 0 Å². The Kier molecular flexibility index (Phi) is 3.78. The molecular weight excluding hydrogens is 268 g/mol. The molecule has 0 aliphatic heterocycles. The molecule has 1 N–H and O–H groups in total. The number of nitrogens with zero attached hydrogens (tertiary/aromatic N) is 3. The third kappa shape index (κ3) is 2.78. The van der Waals surface area contributed by atoms with Gasteiger partial charge in [-0.15, -0.1) is 11.3 Å². The van der Waals surface area contributed by atoms with Crippen LogP contribution in [-0.2, 0) is 6.54 Å². The fourth-order valence-electron chi connectivity index (χ4n) is 1.40. The van der Waals surface area contributed by atoms with Crippen molar-refractivity contribution in [1.29, 1.82) is 10.5 Å². The van der Waals surface area contributed by atoms with E-state index in [1.165, 1.54) is 11.3 Å². The molecule has 1 heterocycles. The highest BCUT2D eigenvalue weighted by atomic mass is 35.5. The summed E-state index contributed by atoms with van der Waals surface area (Å²) in [6.07, 6.45) is 1.70. The quantitative estimate of drug-likeness (QED) is 0.933. The van der Waals surface area contributed by atoms with Crippen LogP contribution in [0.5, 0.6) is 0 Å². The Morgan fingerprint density at radius 1 is 1.28 bits per heavy atom. The fraction of sp³-hybridized carbons (Fsp3) is 0.0833. The largest absolute Gasteiger partial charge is 0.380 e. The summed E-state index contributed by atoms with van der Waals surface area (Å²) in [4.78, 5) is 4.94. The van der Waals surface area contributed by atoms with E-state index in [4.69, 9.17) is 22.1 Å². The van der Waals surface area contributed by atoms with Gasteiger partial charge >= 0.3 is 0 Å². The number of thiazole rings is 1. The van der Waals surface area contributed by atoms with E-state index in [0.717, 1.165) is 10.6 Å². The first-order valence-corrected chi connectivity index (χ1v) is 6.20. The van der Waals surface area contributed by atoms with Gasteiger partial charge in [-0.1, -0.05) is 11.6 Å². The number of rotatable bonds is 3. The highest BCUT2D eigenvalue weighted by Gasteiger charge is 2.03. The third-order valence-electron chi connectivity index (χ3n) is 2.25. The molecule has 0 spiro atoms. The van der Waals surface area contributed by atoms with Crippen LogP contribution in [0.25, 0.3) is 0 Å². The van der Waals surface area contributed by atoms with Crippen molar-refractivity contribution >= 4 is 28.6 Å². The molecule has 0 aliphatic carbocycles. The molecule has 6 heteroatoms. The van der Waals surface area contributed by atoms with Gasteiger partial charge in [-0.25, -0.2) is 4.98 Å². The predicted octanol–water partition coefficient (Wildman–Crippen LogP) is 3.15. The number of nitrogens with one attached hydrogen (secondary N) is 1. The van der Waals surface area contributed by atoms with Crippen molar-refractivity contribution in [2.45, 2.75) is 6.54 Å². The second-order valence-electron chi connectivity index (χ2n) is 3.42. The highest BCUT2D eigenvalue weighted by Crippen LogP contribution is 2.20. The zero-order chi connectivity index (χ0) is 13.0. The number of anilines is 1. The molecule has 0 saturated heterocycles. The van der Waals surface area contributed by atoms with Crippen LogP contribution in [0.1, 0.15) is 16.0 Å². The molecule has 0 fully saturated rings. The number of benzene rings is 1. The molecule has 0 saturated carbocycles. The monoisotopic (exact) mass is 274 g/mol. The lowest BCUT2D eigenvalue weighted by Gasteiger charge is -2.05. The Morgan fingerprint density at radius 2 is 2.06 bits per heavy atom. The van der Waals surface area contributed by atoms with Gasteiger partial charge < -0.3 is 5.32 Å². The molecule has 2 rings (SSSR count). The number of hydrogen-bond acceptors (Lipinski definition) is 5. The molecule has 0 atom stereocenters. The average Bonchev–Trinajstić information content (AvgIpc) is 2.81. The van der Waals surface area contributed by atoms with Gasteiger partial charge in [0.25, 0.3) is 0 Å². The van der Waals surface area contributed by atoms with Crippen molar-refractivity contribution < 1.29 is 0 Å². The van der Waals surface area contributed by atoms with Gasteiger partial charge in [-0.2, -0.15) is 10.5 Å². The summed E-state index contributed by atoms with van der Waals surface area (Å²) < 4.78 is 0.504. The van der Waals surface area contributed by atoms with Crippen molar-refractivity contribution in [1.82, 2.24) is 4.98 Å². The summed E-state index contributed by atoms with van der Waals surface area (Å²) in [6.45, 7) is 0.584. The Balaban J connectivity index is 2.11. The summed E-state index contributed by atoms with van der Waals surface area (Å²) in [5.74, 6) is 0. The van der Waals surface area contributed by atoms with Gasteiger partial charge in [0.05, 0.1) is 17.7 Å². The Bertz CT molecular complexity index is 651. The van der Waals surface area contributed by atoms with E-state index < -0.39 is 0 Å². The zero-order valence-corrected chi connectivity index (χ0v) is 10.7. The van der Waals surface area contributed by atoms with Crippen LogP contribution < -0.4 is 5.32 Å². The molecule has 0 amide bonds. The minimum Gasteiger partial charge on any atom is -0.380 e. The number of nitriles is 2. The standard InChI is InChI=1S/C12H7ClN4S/c13-12-17-7-11(18-12)6-16-10-2-1-8(4-14)9(3-10)5-15/h1-3,7,16H,6H2. The lowest BCUT2D eigenvalue weighted by molar-refractivity contribution is 1.17. The Hall–Kier alpha value is -2.08. The summed E-state index contributed by atoms with van der Waals surface area (Å²) in [7, 11) is 0. The van der Waals surface area contributed by atoms with Crippen LogP contribution in [0, 0.1) is 22.7 Å². The first kappa shape index (κ1) is 12.4. The third-order valence-corrected chi connectivity index (χ3v) is 3.37. The number of hydrogen-bond donors (Lipinski definition) is 1. The summed E-state index contributed by atoms with van der Waals surface area (Å²) >= 11 is 7.13. The molecule has 18 heavy (non-hydrogen) atoms. The highest BCUT2D eigenvalue weighted by molar-refractivity contribution is 7.15. The number of aromatic nitrogens is 1. The molecule has 88 valence electrons. The van der Waals surface area contributed by atoms with Crippen LogP contribution in [0.15, 0.2) is 24.4 Å². The van der Waals surface area contributed by atoms with Crippen LogP contribution in [0.3, 0.4) is 0 Å². The van der Waals surface area contributed by atoms with Gasteiger partial charge in [0.1, 0.15) is 12.1 Å². The van der Waals surface area contributed by atoms with Gasteiger partial charge in [-0.3, -0.25) is 0 Å². The van der Waals surface area contributed by atoms with Crippen LogP contribution >= 0.6 is 22.9 Å². The number of halogens is 1. The molecule has 2 aromatic rings. The van der Waals surface area contributed by atoms with Gasteiger partial charge in [-0.05, 0) is 18.2 Å². The smallest absolute Gasteiger partial charge is 0.183 e. The van der Waals surface area contributed by atoms with Gasteiger partial charge in [0, 0.05) is 16.8 Å². The van der Waals surface area contributed by atoms with Crippen molar-refractivity contribution in [3.8, 4) is 12.1 Å².